The molecule has 14 heavy (non-hydrogen) atoms. The molecule has 1 aromatic rings. The molecule has 1 aliphatic rings. The van der Waals surface area contributed by atoms with Crippen LogP contribution in [-0.2, 0) is 0 Å². The largest absolute Gasteiger partial charge is 0.497 e. The predicted octanol–water partition coefficient (Wildman–Crippen LogP) is 2.23. The molecule has 1 unspecified atom stereocenters. The fraction of sp³-hybridized carbons (Fsp3) is 0.400. The molecule has 76 valence electrons. The Morgan fingerprint density at radius 2 is 2.36 bits per heavy atom. The third-order valence-electron chi connectivity index (χ3n) is 2.04. The number of fused-ring (bicyclic) bond motifs is 1. The quantitative estimate of drug-likeness (QED) is 0.762. The Hall–Kier alpha value is -0.900. The van der Waals surface area contributed by atoms with Crippen LogP contribution in [0.1, 0.15) is 0 Å². The highest BCUT2D eigenvalue weighted by atomic mass is 79.9. The first-order valence-electron chi connectivity index (χ1n) is 4.37. The smallest absolute Gasteiger partial charge is 0.165 e. The van der Waals surface area contributed by atoms with E-state index in [1.165, 1.54) is 0 Å². The van der Waals surface area contributed by atoms with E-state index in [4.69, 9.17) is 14.2 Å². The molecule has 0 saturated heterocycles. The van der Waals surface area contributed by atoms with Gasteiger partial charge in [-0.05, 0) is 12.1 Å². The molecule has 2 rings (SSSR count). The van der Waals surface area contributed by atoms with Crippen molar-refractivity contribution >= 4 is 15.9 Å². The van der Waals surface area contributed by atoms with E-state index in [0.717, 1.165) is 22.6 Å². The number of ether oxygens (including phenoxy) is 3. The van der Waals surface area contributed by atoms with Gasteiger partial charge in [0, 0.05) is 11.4 Å². The van der Waals surface area contributed by atoms with Crippen molar-refractivity contribution in [3.8, 4) is 17.2 Å². The number of hydrogen-bond donors (Lipinski definition) is 0. The van der Waals surface area contributed by atoms with Crippen molar-refractivity contribution in [2.24, 2.45) is 0 Å². The second-order valence-corrected chi connectivity index (χ2v) is 3.67. The van der Waals surface area contributed by atoms with E-state index < -0.39 is 0 Å². The number of benzene rings is 1. The Labute approximate surface area is 91.1 Å². The van der Waals surface area contributed by atoms with E-state index >= 15 is 0 Å². The molecule has 1 atom stereocenters. The molecule has 0 saturated carbocycles. The third kappa shape index (κ3) is 1.80. The van der Waals surface area contributed by atoms with Crippen LogP contribution in [0.5, 0.6) is 17.2 Å². The summed E-state index contributed by atoms with van der Waals surface area (Å²) in [6, 6.07) is 5.55. The topological polar surface area (TPSA) is 27.7 Å². The van der Waals surface area contributed by atoms with Crippen LogP contribution in [0.2, 0.25) is 0 Å². The van der Waals surface area contributed by atoms with E-state index in [-0.39, 0.29) is 6.10 Å². The molecule has 3 nitrogen and oxygen atoms in total. The lowest BCUT2D eigenvalue weighted by molar-refractivity contribution is 0.107. The van der Waals surface area contributed by atoms with Gasteiger partial charge in [-0.3, -0.25) is 0 Å². The highest BCUT2D eigenvalue weighted by Crippen LogP contribution is 2.35. The van der Waals surface area contributed by atoms with Gasteiger partial charge in [-0.1, -0.05) is 15.9 Å². The Kier molecular flexibility index (Phi) is 2.82. The summed E-state index contributed by atoms with van der Waals surface area (Å²) in [5.74, 6) is 2.31. The summed E-state index contributed by atoms with van der Waals surface area (Å²) in [5.41, 5.74) is 0. The molecule has 1 aromatic carbocycles. The van der Waals surface area contributed by atoms with Gasteiger partial charge in [-0.2, -0.15) is 0 Å². The van der Waals surface area contributed by atoms with Crippen molar-refractivity contribution in [3.63, 3.8) is 0 Å². The number of halogens is 1. The number of alkyl halides is 1. The van der Waals surface area contributed by atoms with Gasteiger partial charge in [0.1, 0.15) is 18.5 Å². The summed E-state index contributed by atoms with van der Waals surface area (Å²) in [5, 5.41) is 0.768. The third-order valence-corrected chi connectivity index (χ3v) is 2.76. The average Bonchev–Trinajstić information content (AvgIpc) is 2.27. The van der Waals surface area contributed by atoms with Gasteiger partial charge < -0.3 is 14.2 Å². The first kappa shape index (κ1) is 9.65. The lowest BCUT2D eigenvalue weighted by Crippen LogP contribution is -2.30. The monoisotopic (exact) mass is 258 g/mol. The standard InChI is InChI=1S/C10H11BrO3/c1-12-7-2-3-9-10(4-7)14-8(5-11)6-13-9/h2-4,8H,5-6H2,1H3. The normalized spacial score (nSPS) is 19.1. The molecule has 1 heterocycles. The maximum absolute atomic E-state index is 5.67. The zero-order valence-corrected chi connectivity index (χ0v) is 9.41. The summed E-state index contributed by atoms with van der Waals surface area (Å²) >= 11 is 3.36. The van der Waals surface area contributed by atoms with Gasteiger partial charge in [0.15, 0.2) is 11.5 Å². The molecule has 4 heteroatoms. The van der Waals surface area contributed by atoms with Gasteiger partial charge in [0.2, 0.25) is 0 Å². The molecule has 0 aliphatic carbocycles. The van der Waals surface area contributed by atoms with E-state index in [2.05, 4.69) is 15.9 Å². The summed E-state index contributed by atoms with van der Waals surface area (Å²) in [7, 11) is 1.63. The summed E-state index contributed by atoms with van der Waals surface area (Å²) in [6.45, 7) is 0.588. The van der Waals surface area contributed by atoms with E-state index in [1.54, 1.807) is 7.11 Å². The molecule has 0 amide bonds. The SMILES string of the molecule is COc1ccc2c(c1)OC(CBr)CO2. The minimum Gasteiger partial charge on any atom is -0.497 e. The lowest BCUT2D eigenvalue weighted by Gasteiger charge is -2.25. The number of hydrogen-bond acceptors (Lipinski definition) is 3. The Morgan fingerprint density at radius 3 is 3.07 bits per heavy atom. The number of methoxy groups -OCH3 is 1. The summed E-state index contributed by atoms with van der Waals surface area (Å²) < 4.78 is 16.3. The second kappa shape index (κ2) is 4.09. The van der Waals surface area contributed by atoms with Crippen LogP contribution >= 0.6 is 15.9 Å². The highest BCUT2D eigenvalue weighted by molar-refractivity contribution is 9.09. The van der Waals surface area contributed by atoms with Crippen LogP contribution in [-0.4, -0.2) is 25.2 Å². The maximum Gasteiger partial charge on any atom is 0.165 e. The molecule has 0 aromatic heterocycles. The van der Waals surface area contributed by atoms with E-state index in [9.17, 15) is 0 Å². The molecule has 0 fully saturated rings. The van der Waals surface area contributed by atoms with Crippen molar-refractivity contribution in [1.29, 1.82) is 0 Å². The first-order chi connectivity index (χ1) is 6.83. The van der Waals surface area contributed by atoms with Crippen molar-refractivity contribution in [2.75, 3.05) is 19.0 Å². The van der Waals surface area contributed by atoms with Crippen LogP contribution < -0.4 is 14.2 Å². The number of rotatable bonds is 2. The molecule has 0 radical (unpaired) electrons. The molecule has 0 spiro atoms. The van der Waals surface area contributed by atoms with Crippen molar-refractivity contribution in [1.82, 2.24) is 0 Å². The molecule has 0 bridgehead atoms. The van der Waals surface area contributed by atoms with E-state index in [1.807, 2.05) is 18.2 Å². The van der Waals surface area contributed by atoms with Crippen molar-refractivity contribution < 1.29 is 14.2 Å². The van der Waals surface area contributed by atoms with E-state index in [0.29, 0.717) is 6.61 Å². The fourth-order valence-corrected chi connectivity index (χ4v) is 1.62. The molecule has 0 N–H and O–H groups in total. The molecular formula is C10H11BrO3. The van der Waals surface area contributed by atoms with Crippen molar-refractivity contribution in [2.45, 2.75) is 6.10 Å². The Bertz CT molecular complexity index is 327. The Balaban J connectivity index is 2.25. The van der Waals surface area contributed by atoms with Crippen LogP contribution in [0.4, 0.5) is 0 Å². The van der Waals surface area contributed by atoms with Gasteiger partial charge in [-0.25, -0.2) is 0 Å². The second-order valence-electron chi connectivity index (χ2n) is 3.02. The lowest BCUT2D eigenvalue weighted by atomic mass is 10.2. The fourth-order valence-electron chi connectivity index (χ4n) is 1.30. The molecule has 1 aliphatic heterocycles. The highest BCUT2D eigenvalue weighted by Gasteiger charge is 2.20. The molecular weight excluding hydrogens is 248 g/mol. The van der Waals surface area contributed by atoms with Gasteiger partial charge >= 0.3 is 0 Å². The first-order valence-corrected chi connectivity index (χ1v) is 5.49. The van der Waals surface area contributed by atoms with Gasteiger partial charge in [0.05, 0.1) is 7.11 Å². The zero-order chi connectivity index (χ0) is 9.97. The maximum atomic E-state index is 5.67. The predicted molar refractivity (Wildman–Crippen MR) is 56.7 cm³/mol. The Morgan fingerprint density at radius 1 is 1.50 bits per heavy atom. The minimum absolute atomic E-state index is 0.0783. The summed E-state index contributed by atoms with van der Waals surface area (Å²) in [4.78, 5) is 0. The van der Waals surface area contributed by atoms with Crippen LogP contribution in [0.3, 0.4) is 0 Å². The zero-order valence-electron chi connectivity index (χ0n) is 7.83. The van der Waals surface area contributed by atoms with Crippen LogP contribution in [0.25, 0.3) is 0 Å². The van der Waals surface area contributed by atoms with Crippen molar-refractivity contribution in [3.05, 3.63) is 18.2 Å². The van der Waals surface area contributed by atoms with Gasteiger partial charge in [-0.15, -0.1) is 0 Å². The van der Waals surface area contributed by atoms with Crippen LogP contribution in [0.15, 0.2) is 18.2 Å². The van der Waals surface area contributed by atoms with Crippen LogP contribution in [0, 0.1) is 0 Å². The van der Waals surface area contributed by atoms with Gasteiger partial charge in [0.25, 0.3) is 0 Å². The minimum atomic E-state index is 0.0783. The average molecular weight is 259 g/mol. The summed E-state index contributed by atoms with van der Waals surface area (Å²) in [6.07, 6.45) is 0.0783.